The zero-order chi connectivity index (χ0) is 19.1. The second-order valence-corrected chi connectivity index (χ2v) is 7.86. The fraction of sp³-hybridized carbons (Fsp3) is 0.526. The Hall–Kier alpha value is -1.90. The van der Waals surface area contributed by atoms with E-state index >= 15 is 0 Å². The first-order chi connectivity index (χ1) is 13.1. The quantitative estimate of drug-likeness (QED) is 0.696. The van der Waals surface area contributed by atoms with Crippen LogP contribution in [0, 0.1) is 0 Å². The minimum atomic E-state index is -0.0120. The van der Waals surface area contributed by atoms with Crippen LogP contribution >= 0.6 is 11.8 Å². The molecule has 1 N–H and O–H groups in total. The lowest BCUT2D eigenvalue weighted by molar-refractivity contribution is -0.119. The monoisotopic (exact) mass is 389 g/mol. The highest BCUT2D eigenvalue weighted by atomic mass is 32.2. The summed E-state index contributed by atoms with van der Waals surface area (Å²) in [5, 5.41) is 11.7. The number of hydrogen-bond donors (Lipinski definition) is 1. The van der Waals surface area contributed by atoms with Crippen molar-refractivity contribution < 1.29 is 9.53 Å². The van der Waals surface area contributed by atoms with E-state index in [1.165, 1.54) is 17.3 Å². The number of nitrogens with zero attached hydrogens (tertiary/aromatic N) is 4. The Kier molecular flexibility index (Phi) is 7.25. The van der Waals surface area contributed by atoms with Crippen LogP contribution in [0.15, 0.2) is 41.8 Å². The number of nitrogens with one attached hydrogen (secondary N) is 1. The molecule has 2 aromatic rings. The van der Waals surface area contributed by atoms with Gasteiger partial charge in [0.1, 0.15) is 6.33 Å². The van der Waals surface area contributed by atoms with Gasteiger partial charge in [0.05, 0.1) is 18.5 Å². The van der Waals surface area contributed by atoms with Crippen LogP contribution in [0.1, 0.15) is 25.5 Å². The van der Waals surface area contributed by atoms with Gasteiger partial charge in [0.2, 0.25) is 5.91 Å². The number of ether oxygens (including phenoxy) is 1. The van der Waals surface area contributed by atoms with Crippen LogP contribution in [0.2, 0.25) is 0 Å². The fourth-order valence-corrected chi connectivity index (χ4v) is 3.86. The minimum absolute atomic E-state index is 0.0120. The highest BCUT2D eigenvalue weighted by molar-refractivity contribution is 7.99. The van der Waals surface area contributed by atoms with E-state index < -0.39 is 0 Å². The molecule has 1 unspecified atom stereocenters. The number of carbonyl (C=O) groups excluding carboxylic acids is 1. The molecule has 8 heteroatoms. The van der Waals surface area contributed by atoms with E-state index in [-0.39, 0.29) is 18.1 Å². The Labute approximate surface area is 164 Å². The van der Waals surface area contributed by atoms with Gasteiger partial charge in [-0.1, -0.05) is 42.1 Å². The smallest absolute Gasteiger partial charge is 0.230 e. The van der Waals surface area contributed by atoms with E-state index in [1.54, 1.807) is 6.33 Å². The molecule has 1 amide bonds. The standard InChI is InChI=1S/C19H27N5O2S/c1-15(2)24-14-21-22-19(24)27-13-18(25)20-10-17-12-23(8-9-26-17)11-16-6-4-3-5-7-16/h3-7,14-15,17H,8-13H2,1-2H3,(H,20,25). The maximum atomic E-state index is 12.2. The van der Waals surface area contributed by atoms with E-state index in [1.807, 2.05) is 10.6 Å². The number of morpholine rings is 1. The SMILES string of the molecule is CC(C)n1cnnc1SCC(=O)NCC1CN(Cc2ccccc2)CCO1. The normalized spacial score (nSPS) is 18.0. The molecule has 7 nitrogen and oxygen atoms in total. The molecule has 0 spiro atoms. The first kappa shape index (κ1) is 19.9. The molecule has 0 saturated carbocycles. The Bertz CT molecular complexity index is 722. The molecule has 3 rings (SSSR count). The first-order valence-electron chi connectivity index (χ1n) is 9.28. The summed E-state index contributed by atoms with van der Waals surface area (Å²) < 4.78 is 7.77. The van der Waals surface area contributed by atoms with Gasteiger partial charge in [0.25, 0.3) is 0 Å². The molecule has 1 fully saturated rings. The fourth-order valence-electron chi connectivity index (χ4n) is 2.99. The van der Waals surface area contributed by atoms with Crippen molar-refractivity contribution in [2.45, 2.75) is 37.7 Å². The molecule has 146 valence electrons. The maximum Gasteiger partial charge on any atom is 0.230 e. The third kappa shape index (κ3) is 6.05. The second-order valence-electron chi connectivity index (χ2n) is 6.92. The Morgan fingerprint density at radius 3 is 2.96 bits per heavy atom. The summed E-state index contributed by atoms with van der Waals surface area (Å²) in [4.78, 5) is 14.5. The van der Waals surface area contributed by atoms with Gasteiger partial charge in [0, 0.05) is 32.2 Å². The summed E-state index contributed by atoms with van der Waals surface area (Å²) in [5.41, 5.74) is 1.30. The largest absolute Gasteiger partial charge is 0.374 e. The van der Waals surface area contributed by atoms with E-state index in [4.69, 9.17) is 4.74 Å². The zero-order valence-electron chi connectivity index (χ0n) is 15.9. The van der Waals surface area contributed by atoms with Gasteiger partial charge < -0.3 is 14.6 Å². The van der Waals surface area contributed by atoms with Crippen molar-refractivity contribution in [3.05, 3.63) is 42.2 Å². The van der Waals surface area contributed by atoms with Gasteiger partial charge in [-0.2, -0.15) is 0 Å². The predicted molar refractivity (Wildman–Crippen MR) is 106 cm³/mol. The van der Waals surface area contributed by atoms with Gasteiger partial charge in [-0.05, 0) is 19.4 Å². The van der Waals surface area contributed by atoms with Gasteiger partial charge in [0.15, 0.2) is 5.16 Å². The van der Waals surface area contributed by atoms with E-state index in [9.17, 15) is 4.79 Å². The maximum absolute atomic E-state index is 12.2. The summed E-state index contributed by atoms with van der Waals surface area (Å²) >= 11 is 1.41. The molecule has 2 heterocycles. The molecule has 1 aromatic heterocycles. The molecule has 1 aliphatic rings. The van der Waals surface area contributed by atoms with E-state index in [0.29, 0.717) is 18.9 Å². The van der Waals surface area contributed by atoms with Crippen LogP contribution < -0.4 is 5.32 Å². The summed E-state index contributed by atoms with van der Waals surface area (Å²) in [6.45, 7) is 8.00. The summed E-state index contributed by atoms with van der Waals surface area (Å²) in [6.07, 6.45) is 1.72. The molecule has 0 aliphatic carbocycles. The average Bonchev–Trinajstić information content (AvgIpc) is 3.15. The molecule has 1 atom stereocenters. The Morgan fingerprint density at radius 1 is 1.37 bits per heavy atom. The van der Waals surface area contributed by atoms with Crippen molar-refractivity contribution >= 4 is 17.7 Å². The van der Waals surface area contributed by atoms with Gasteiger partial charge >= 0.3 is 0 Å². The number of aromatic nitrogens is 3. The van der Waals surface area contributed by atoms with Crippen LogP contribution in [0.25, 0.3) is 0 Å². The second kappa shape index (κ2) is 9.87. The number of rotatable bonds is 8. The van der Waals surface area contributed by atoms with E-state index in [0.717, 1.165) is 24.8 Å². The van der Waals surface area contributed by atoms with Crippen molar-refractivity contribution in [2.24, 2.45) is 0 Å². The van der Waals surface area contributed by atoms with Crippen LogP contribution in [0.3, 0.4) is 0 Å². The summed E-state index contributed by atoms with van der Waals surface area (Å²) in [5.74, 6) is 0.313. The minimum Gasteiger partial charge on any atom is -0.374 e. The number of benzene rings is 1. The predicted octanol–water partition coefficient (Wildman–Crippen LogP) is 1.97. The molecular formula is C19H27N5O2S. The summed E-state index contributed by atoms with van der Waals surface area (Å²) in [7, 11) is 0. The molecule has 0 radical (unpaired) electrons. The Morgan fingerprint density at radius 2 is 2.19 bits per heavy atom. The first-order valence-corrected chi connectivity index (χ1v) is 10.3. The highest BCUT2D eigenvalue weighted by Gasteiger charge is 2.21. The van der Waals surface area contributed by atoms with Crippen LogP contribution in [0.5, 0.6) is 0 Å². The lowest BCUT2D eigenvalue weighted by Crippen LogP contribution is -2.47. The van der Waals surface area contributed by atoms with Crippen molar-refractivity contribution in [3.8, 4) is 0 Å². The number of hydrogen-bond acceptors (Lipinski definition) is 6. The zero-order valence-corrected chi connectivity index (χ0v) is 16.7. The molecule has 0 bridgehead atoms. The lowest BCUT2D eigenvalue weighted by Gasteiger charge is -2.33. The Balaban J connectivity index is 1.40. The van der Waals surface area contributed by atoms with Gasteiger partial charge in [-0.15, -0.1) is 10.2 Å². The van der Waals surface area contributed by atoms with Crippen LogP contribution in [-0.2, 0) is 16.1 Å². The van der Waals surface area contributed by atoms with Crippen molar-refractivity contribution in [1.29, 1.82) is 0 Å². The highest BCUT2D eigenvalue weighted by Crippen LogP contribution is 2.18. The third-order valence-electron chi connectivity index (χ3n) is 4.43. The van der Waals surface area contributed by atoms with Gasteiger partial charge in [-0.25, -0.2) is 0 Å². The van der Waals surface area contributed by atoms with Crippen LogP contribution in [-0.4, -0.2) is 63.7 Å². The van der Waals surface area contributed by atoms with Gasteiger partial charge in [-0.3, -0.25) is 9.69 Å². The summed E-state index contributed by atoms with van der Waals surface area (Å²) in [6, 6.07) is 10.7. The third-order valence-corrected chi connectivity index (χ3v) is 5.38. The van der Waals surface area contributed by atoms with Crippen LogP contribution in [0.4, 0.5) is 0 Å². The van der Waals surface area contributed by atoms with Crippen molar-refractivity contribution in [2.75, 3.05) is 32.0 Å². The molecule has 1 aromatic carbocycles. The number of thioether (sulfide) groups is 1. The van der Waals surface area contributed by atoms with Crippen molar-refractivity contribution in [3.63, 3.8) is 0 Å². The van der Waals surface area contributed by atoms with Crippen molar-refractivity contribution in [1.82, 2.24) is 25.0 Å². The van der Waals surface area contributed by atoms with E-state index in [2.05, 4.69) is 58.5 Å². The molecular weight excluding hydrogens is 362 g/mol. The number of carbonyl (C=O) groups is 1. The molecule has 1 aliphatic heterocycles. The lowest BCUT2D eigenvalue weighted by atomic mass is 10.2. The molecule has 27 heavy (non-hydrogen) atoms. The average molecular weight is 390 g/mol. The molecule has 1 saturated heterocycles. The topological polar surface area (TPSA) is 72.3 Å². The number of amides is 1.